The monoisotopic (exact) mass is 316 g/mol. The predicted octanol–water partition coefficient (Wildman–Crippen LogP) is 4.12. The Hall–Kier alpha value is -1.58. The van der Waals surface area contributed by atoms with Gasteiger partial charge in [-0.15, -0.1) is 0 Å². The van der Waals surface area contributed by atoms with E-state index >= 15 is 0 Å². The van der Waals surface area contributed by atoms with Crippen LogP contribution in [0.15, 0.2) is 12.1 Å². The predicted molar refractivity (Wildman–Crippen MR) is 90.7 cm³/mol. The van der Waals surface area contributed by atoms with E-state index < -0.39 is 5.67 Å². The summed E-state index contributed by atoms with van der Waals surface area (Å²) in [6, 6.07) is 4.32. The van der Waals surface area contributed by atoms with Crippen molar-refractivity contribution in [2.45, 2.75) is 58.0 Å². The van der Waals surface area contributed by atoms with E-state index in [2.05, 4.69) is 22.3 Å². The maximum absolute atomic E-state index is 13.7. The summed E-state index contributed by atoms with van der Waals surface area (Å²) in [5.74, 6) is -0.206. The molecule has 4 rings (SSSR count). The molecule has 0 unspecified atom stereocenters. The Kier molecular flexibility index (Phi) is 3.23. The number of alkyl halides is 1. The number of carbonyl (C=O) groups excluding carboxylic acids is 1. The summed E-state index contributed by atoms with van der Waals surface area (Å²) in [7, 11) is 0. The molecule has 1 aromatic carbocycles. The molecule has 1 aromatic rings. The molecule has 0 aromatic heterocycles. The maximum Gasteiger partial charge on any atom is 0.227 e. The summed E-state index contributed by atoms with van der Waals surface area (Å²) in [5.41, 5.74) is 3.60. The number of rotatable bonds is 4. The number of nitrogens with one attached hydrogen (secondary N) is 1. The van der Waals surface area contributed by atoms with Crippen LogP contribution in [0, 0.1) is 19.3 Å². The van der Waals surface area contributed by atoms with E-state index in [1.54, 1.807) is 0 Å². The standard InChI is InChI=1S/C19H25FN2O/c1-13-9-15(22-8-7-18(12-22)3-4-18)10-14(2)17(13)21-16(23)11-19(20)5-6-19/h9-10H,3-8,11-12H2,1-2H3,(H,21,23). The van der Waals surface area contributed by atoms with Crippen LogP contribution in [-0.4, -0.2) is 24.7 Å². The van der Waals surface area contributed by atoms with Gasteiger partial charge in [-0.05, 0) is 74.6 Å². The molecule has 0 bridgehead atoms. The summed E-state index contributed by atoms with van der Waals surface area (Å²) in [4.78, 5) is 14.5. The van der Waals surface area contributed by atoms with E-state index in [1.807, 2.05) is 13.8 Å². The molecule has 2 aliphatic carbocycles. The SMILES string of the molecule is Cc1cc(N2CCC3(CC3)C2)cc(C)c1NC(=O)CC1(F)CC1. The smallest absolute Gasteiger partial charge is 0.227 e. The molecule has 1 N–H and O–H groups in total. The van der Waals surface area contributed by atoms with Crippen molar-refractivity contribution in [2.75, 3.05) is 23.3 Å². The highest BCUT2D eigenvalue weighted by atomic mass is 19.1. The van der Waals surface area contributed by atoms with Crippen LogP contribution in [0.4, 0.5) is 15.8 Å². The lowest BCUT2D eigenvalue weighted by atomic mass is 10.1. The maximum atomic E-state index is 13.7. The summed E-state index contributed by atoms with van der Waals surface area (Å²) < 4.78 is 13.7. The van der Waals surface area contributed by atoms with Crippen LogP contribution < -0.4 is 10.2 Å². The van der Waals surface area contributed by atoms with Gasteiger partial charge in [-0.2, -0.15) is 0 Å². The zero-order valence-corrected chi connectivity index (χ0v) is 14.0. The zero-order valence-electron chi connectivity index (χ0n) is 14.0. The van der Waals surface area contributed by atoms with E-state index in [0.717, 1.165) is 23.4 Å². The Bertz CT molecular complexity index is 638. The van der Waals surface area contributed by atoms with Gasteiger partial charge in [0.15, 0.2) is 0 Å². The van der Waals surface area contributed by atoms with Crippen molar-refractivity contribution in [3.05, 3.63) is 23.3 Å². The van der Waals surface area contributed by atoms with Crippen LogP contribution in [0.3, 0.4) is 0 Å². The van der Waals surface area contributed by atoms with Gasteiger partial charge in [0, 0.05) is 24.5 Å². The fourth-order valence-corrected chi connectivity index (χ4v) is 3.84. The first kappa shape index (κ1) is 15.0. The normalized spacial score (nSPS) is 23.2. The quantitative estimate of drug-likeness (QED) is 0.906. The fourth-order valence-electron chi connectivity index (χ4n) is 3.84. The molecular weight excluding hydrogens is 291 g/mol. The Morgan fingerprint density at radius 3 is 2.35 bits per heavy atom. The molecule has 0 radical (unpaired) electrons. The minimum absolute atomic E-state index is 0.0116. The lowest BCUT2D eigenvalue weighted by molar-refractivity contribution is -0.117. The Morgan fingerprint density at radius 1 is 1.17 bits per heavy atom. The van der Waals surface area contributed by atoms with Crippen molar-refractivity contribution in [1.29, 1.82) is 0 Å². The van der Waals surface area contributed by atoms with Gasteiger partial charge < -0.3 is 10.2 Å². The molecule has 1 saturated heterocycles. The van der Waals surface area contributed by atoms with E-state index in [-0.39, 0.29) is 12.3 Å². The lowest BCUT2D eigenvalue weighted by Gasteiger charge is -2.22. The summed E-state index contributed by atoms with van der Waals surface area (Å²) in [5, 5.41) is 2.92. The minimum atomic E-state index is -1.24. The number of benzene rings is 1. The summed E-state index contributed by atoms with van der Waals surface area (Å²) in [6.45, 7) is 6.35. The third-order valence-electron chi connectivity index (χ3n) is 5.81. The number of carbonyl (C=O) groups is 1. The van der Waals surface area contributed by atoms with E-state index in [1.165, 1.54) is 31.5 Å². The van der Waals surface area contributed by atoms with Crippen LogP contribution in [0.25, 0.3) is 0 Å². The Labute approximate surface area is 137 Å². The van der Waals surface area contributed by atoms with Gasteiger partial charge in [-0.1, -0.05) is 0 Å². The molecule has 0 atom stereocenters. The molecule has 2 saturated carbocycles. The second kappa shape index (κ2) is 4.96. The summed E-state index contributed by atoms with van der Waals surface area (Å²) >= 11 is 0. The van der Waals surface area contributed by atoms with Gasteiger partial charge in [0.25, 0.3) is 0 Å². The van der Waals surface area contributed by atoms with E-state index in [4.69, 9.17) is 0 Å². The number of hydrogen-bond donors (Lipinski definition) is 1. The number of hydrogen-bond acceptors (Lipinski definition) is 2. The highest BCUT2D eigenvalue weighted by molar-refractivity contribution is 5.93. The van der Waals surface area contributed by atoms with Crippen molar-refractivity contribution in [3.8, 4) is 0 Å². The van der Waals surface area contributed by atoms with Crippen molar-refractivity contribution < 1.29 is 9.18 Å². The highest BCUT2D eigenvalue weighted by Gasteiger charge is 2.47. The van der Waals surface area contributed by atoms with Crippen LogP contribution in [-0.2, 0) is 4.79 Å². The van der Waals surface area contributed by atoms with E-state index in [9.17, 15) is 9.18 Å². The van der Waals surface area contributed by atoms with Crippen LogP contribution in [0.2, 0.25) is 0 Å². The van der Waals surface area contributed by atoms with Crippen molar-refractivity contribution in [3.63, 3.8) is 0 Å². The van der Waals surface area contributed by atoms with Gasteiger partial charge in [0.05, 0.1) is 6.42 Å². The Morgan fingerprint density at radius 2 is 1.83 bits per heavy atom. The first-order valence-corrected chi connectivity index (χ1v) is 8.73. The fraction of sp³-hybridized carbons (Fsp3) is 0.632. The highest BCUT2D eigenvalue weighted by Crippen LogP contribution is 2.53. The van der Waals surface area contributed by atoms with Crippen molar-refractivity contribution >= 4 is 17.3 Å². The topological polar surface area (TPSA) is 32.3 Å². The Balaban J connectivity index is 1.49. The largest absolute Gasteiger partial charge is 0.371 e. The van der Waals surface area contributed by atoms with Crippen LogP contribution >= 0.6 is 0 Å². The lowest BCUT2D eigenvalue weighted by Crippen LogP contribution is -2.21. The number of halogens is 1. The minimum Gasteiger partial charge on any atom is -0.371 e. The molecule has 3 aliphatic rings. The molecule has 1 amide bonds. The average Bonchev–Trinajstić information content (AvgIpc) is 3.34. The average molecular weight is 316 g/mol. The first-order valence-electron chi connectivity index (χ1n) is 8.73. The molecule has 124 valence electrons. The second-order valence-electron chi connectivity index (χ2n) is 8.00. The summed E-state index contributed by atoms with van der Waals surface area (Å²) in [6.07, 6.45) is 5.09. The number of aryl methyl sites for hydroxylation is 2. The molecule has 23 heavy (non-hydrogen) atoms. The molecular formula is C19H25FN2O. The van der Waals surface area contributed by atoms with Gasteiger partial charge in [-0.25, -0.2) is 4.39 Å². The third-order valence-corrected chi connectivity index (χ3v) is 5.81. The molecule has 3 fully saturated rings. The molecule has 1 spiro atoms. The molecule has 4 heteroatoms. The van der Waals surface area contributed by atoms with Gasteiger partial charge in [-0.3, -0.25) is 4.79 Å². The van der Waals surface area contributed by atoms with Gasteiger partial charge in [0.2, 0.25) is 5.91 Å². The first-order chi connectivity index (χ1) is 10.9. The number of amides is 1. The second-order valence-corrected chi connectivity index (χ2v) is 8.00. The van der Waals surface area contributed by atoms with Gasteiger partial charge >= 0.3 is 0 Å². The molecule has 1 aliphatic heterocycles. The van der Waals surface area contributed by atoms with Crippen LogP contribution in [0.1, 0.15) is 49.7 Å². The van der Waals surface area contributed by atoms with Crippen LogP contribution in [0.5, 0.6) is 0 Å². The number of nitrogens with zero attached hydrogens (tertiary/aromatic N) is 1. The number of anilines is 2. The zero-order chi connectivity index (χ0) is 16.2. The third kappa shape index (κ3) is 2.96. The molecule has 3 nitrogen and oxygen atoms in total. The van der Waals surface area contributed by atoms with E-state index in [0.29, 0.717) is 18.3 Å². The van der Waals surface area contributed by atoms with Crippen molar-refractivity contribution in [2.24, 2.45) is 5.41 Å². The van der Waals surface area contributed by atoms with Gasteiger partial charge in [0.1, 0.15) is 5.67 Å². The molecule has 1 heterocycles. The van der Waals surface area contributed by atoms with Crippen molar-refractivity contribution in [1.82, 2.24) is 0 Å².